The van der Waals surface area contributed by atoms with Crippen LogP contribution in [0, 0.1) is 0 Å². The summed E-state index contributed by atoms with van der Waals surface area (Å²) in [6.07, 6.45) is 5.71. The number of para-hydroxylation sites is 2. The van der Waals surface area contributed by atoms with Gasteiger partial charge < -0.3 is 9.47 Å². The number of benzene rings is 1. The molecule has 0 aliphatic rings. The van der Waals surface area contributed by atoms with Crippen molar-refractivity contribution in [2.45, 2.75) is 26.7 Å². The summed E-state index contributed by atoms with van der Waals surface area (Å²) in [6.45, 7) is 4.80. The molecule has 15 heavy (non-hydrogen) atoms. The number of ether oxygens (including phenoxy) is 2. The van der Waals surface area contributed by atoms with Gasteiger partial charge in [0.05, 0.1) is 12.9 Å². The van der Waals surface area contributed by atoms with Crippen LogP contribution < -0.4 is 9.47 Å². The van der Waals surface area contributed by atoms with Gasteiger partial charge in [0.15, 0.2) is 11.5 Å². The molecule has 1 aromatic rings. The monoisotopic (exact) mass is 206 g/mol. The molecule has 0 N–H and O–H groups in total. The van der Waals surface area contributed by atoms with Crippen LogP contribution >= 0.6 is 0 Å². The Morgan fingerprint density at radius 1 is 1.20 bits per heavy atom. The van der Waals surface area contributed by atoms with E-state index >= 15 is 0 Å². The summed E-state index contributed by atoms with van der Waals surface area (Å²) in [7, 11) is 0. The first-order valence-corrected chi connectivity index (χ1v) is 5.38. The molecule has 0 atom stereocenters. The van der Waals surface area contributed by atoms with Gasteiger partial charge >= 0.3 is 0 Å². The third kappa shape index (κ3) is 4.07. The Hall–Kier alpha value is -1.44. The average Bonchev–Trinajstić information content (AvgIpc) is 2.28. The van der Waals surface area contributed by atoms with Crippen LogP contribution in [0.25, 0.3) is 0 Å². The molecular formula is C13H18O2. The van der Waals surface area contributed by atoms with E-state index in [-0.39, 0.29) is 0 Å². The molecule has 0 aromatic heterocycles. The van der Waals surface area contributed by atoms with Crippen LogP contribution in [0.1, 0.15) is 26.7 Å². The van der Waals surface area contributed by atoms with Crippen molar-refractivity contribution in [1.29, 1.82) is 0 Å². The SMILES string of the molecule is CC=COc1ccccc1OCCCC. The van der Waals surface area contributed by atoms with Gasteiger partial charge in [-0.25, -0.2) is 0 Å². The number of hydrogen-bond acceptors (Lipinski definition) is 2. The highest BCUT2D eigenvalue weighted by Gasteiger charge is 2.01. The minimum absolute atomic E-state index is 0.743. The third-order valence-corrected chi connectivity index (χ3v) is 1.94. The summed E-state index contributed by atoms with van der Waals surface area (Å²) in [4.78, 5) is 0. The minimum atomic E-state index is 0.743. The second-order valence-corrected chi connectivity index (χ2v) is 3.24. The predicted octanol–water partition coefficient (Wildman–Crippen LogP) is 3.78. The van der Waals surface area contributed by atoms with Crippen molar-refractivity contribution in [3.8, 4) is 11.5 Å². The summed E-state index contributed by atoms with van der Waals surface area (Å²) < 4.78 is 11.0. The van der Waals surface area contributed by atoms with Crippen LogP contribution in [0.3, 0.4) is 0 Å². The van der Waals surface area contributed by atoms with Crippen molar-refractivity contribution in [1.82, 2.24) is 0 Å². The van der Waals surface area contributed by atoms with E-state index in [1.165, 1.54) is 0 Å². The summed E-state index contributed by atoms with van der Waals surface area (Å²) in [5.74, 6) is 1.58. The van der Waals surface area contributed by atoms with Gasteiger partial charge in [0.25, 0.3) is 0 Å². The van der Waals surface area contributed by atoms with Gasteiger partial charge in [-0.15, -0.1) is 0 Å². The van der Waals surface area contributed by atoms with E-state index in [0.29, 0.717) is 0 Å². The van der Waals surface area contributed by atoms with Crippen LogP contribution in [-0.4, -0.2) is 6.61 Å². The van der Waals surface area contributed by atoms with Gasteiger partial charge in [-0.05, 0) is 25.5 Å². The molecule has 0 aliphatic heterocycles. The second kappa shape index (κ2) is 6.93. The highest BCUT2D eigenvalue weighted by atomic mass is 16.5. The molecule has 0 aliphatic carbocycles. The van der Waals surface area contributed by atoms with Crippen LogP contribution in [0.5, 0.6) is 11.5 Å². The fourth-order valence-electron chi connectivity index (χ4n) is 1.13. The zero-order valence-corrected chi connectivity index (χ0v) is 9.40. The smallest absolute Gasteiger partial charge is 0.168 e. The molecule has 0 radical (unpaired) electrons. The fourth-order valence-corrected chi connectivity index (χ4v) is 1.13. The molecule has 0 unspecified atom stereocenters. The molecule has 2 nitrogen and oxygen atoms in total. The lowest BCUT2D eigenvalue weighted by atomic mass is 10.3. The molecule has 1 rings (SSSR count). The van der Waals surface area contributed by atoms with Gasteiger partial charge in [-0.3, -0.25) is 0 Å². The molecule has 1 aromatic carbocycles. The summed E-state index contributed by atoms with van der Waals surface area (Å²) in [5, 5.41) is 0. The Balaban J connectivity index is 2.59. The normalized spacial score (nSPS) is 10.5. The summed E-state index contributed by atoms with van der Waals surface area (Å²) in [5.41, 5.74) is 0. The molecule has 0 spiro atoms. The Labute approximate surface area is 91.5 Å². The number of allylic oxidation sites excluding steroid dienone is 1. The molecule has 0 heterocycles. The van der Waals surface area contributed by atoms with Gasteiger partial charge in [0, 0.05) is 0 Å². The highest BCUT2D eigenvalue weighted by Crippen LogP contribution is 2.26. The zero-order chi connectivity index (χ0) is 10.9. The van der Waals surface area contributed by atoms with E-state index in [1.807, 2.05) is 37.3 Å². The number of hydrogen-bond donors (Lipinski definition) is 0. The van der Waals surface area contributed by atoms with Crippen molar-refractivity contribution in [3.63, 3.8) is 0 Å². The van der Waals surface area contributed by atoms with Crippen LogP contribution in [0.15, 0.2) is 36.6 Å². The largest absolute Gasteiger partial charge is 0.490 e. The van der Waals surface area contributed by atoms with E-state index in [9.17, 15) is 0 Å². The third-order valence-electron chi connectivity index (χ3n) is 1.94. The quantitative estimate of drug-likeness (QED) is 0.521. The lowest BCUT2D eigenvalue weighted by Gasteiger charge is -2.09. The first-order valence-electron chi connectivity index (χ1n) is 5.38. The maximum Gasteiger partial charge on any atom is 0.168 e. The number of rotatable bonds is 6. The topological polar surface area (TPSA) is 18.5 Å². The minimum Gasteiger partial charge on any atom is -0.490 e. The van der Waals surface area contributed by atoms with Crippen molar-refractivity contribution < 1.29 is 9.47 Å². The maximum absolute atomic E-state index is 5.62. The van der Waals surface area contributed by atoms with Gasteiger partial charge in [-0.1, -0.05) is 31.6 Å². The first kappa shape index (κ1) is 11.6. The Bertz CT molecular complexity index is 305. The Morgan fingerprint density at radius 2 is 1.93 bits per heavy atom. The van der Waals surface area contributed by atoms with Crippen molar-refractivity contribution in [2.75, 3.05) is 6.61 Å². The van der Waals surface area contributed by atoms with E-state index in [4.69, 9.17) is 9.47 Å². The average molecular weight is 206 g/mol. The zero-order valence-electron chi connectivity index (χ0n) is 9.40. The standard InChI is InChI=1S/C13H18O2/c1-3-5-11-15-13-9-7-6-8-12(13)14-10-4-2/h4,6-10H,3,5,11H2,1-2H3. The molecule has 82 valence electrons. The van der Waals surface area contributed by atoms with Crippen LogP contribution in [0.2, 0.25) is 0 Å². The van der Waals surface area contributed by atoms with E-state index in [1.54, 1.807) is 6.26 Å². The lowest BCUT2D eigenvalue weighted by molar-refractivity contribution is 0.295. The van der Waals surface area contributed by atoms with E-state index in [2.05, 4.69) is 6.92 Å². The Kier molecular flexibility index (Phi) is 5.38. The van der Waals surface area contributed by atoms with Gasteiger partial charge in [-0.2, -0.15) is 0 Å². The maximum atomic E-state index is 5.62. The van der Waals surface area contributed by atoms with E-state index in [0.717, 1.165) is 30.9 Å². The second-order valence-electron chi connectivity index (χ2n) is 3.24. The molecule has 0 saturated heterocycles. The molecule has 0 bridgehead atoms. The number of unbranched alkanes of at least 4 members (excludes halogenated alkanes) is 1. The van der Waals surface area contributed by atoms with Crippen LogP contribution in [0.4, 0.5) is 0 Å². The van der Waals surface area contributed by atoms with Crippen molar-refractivity contribution in [2.24, 2.45) is 0 Å². The fraction of sp³-hybridized carbons (Fsp3) is 0.385. The molecular weight excluding hydrogens is 188 g/mol. The summed E-state index contributed by atoms with van der Waals surface area (Å²) in [6, 6.07) is 7.71. The summed E-state index contributed by atoms with van der Waals surface area (Å²) >= 11 is 0. The molecule has 0 saturated carbocycles. The van der Waals surface area contributed by atoms with Crippen LogP contribution in [-0.2, 0) is 0 Å². The lowest BCUT2D eigenvalue weighted by Crippen LogP contribution is -1.98. The van der Waals surface area contributed by atoms with Gasteiger partial charge in [0.2, 0.25) is 0 Å². The van der Waals surface area contributed by atoms with Crippen molar-refractivity contribution in [3.05, 3.63) is 36.6 Å². The van der Waals surface area contributed by atoms with E-state index < -0.39 is 0 Å². The Morgan fingerprint density at radius 3 is 2.60 bits per heavy atom. The highest BCUT2D eigenvalue weighted by molar-refractivity contribution is 5.39. The molecule has 0 amide bonds. The first-order chi connectivity index (χ1) is 7.38. The molecule has 0 fully saturated rings. The van der Waals surface area contributed by atoms with Crippen molar-refractivity contribution >= 4 is 0 Å². The predicted molar refractivity (Wildman–Crippen MR) is 62.3 cm³/mol. The molecule has 2 heteroatoms. The van der Waals surface area contributed by atoms with Gasteiger partial charge in [0.1, 0.15) is 0 Å².